The Hall–Kier alpha value is -2.16. The molecule has 168 valence electrons. The minimum atomic E-state index is -4.05. The maximum absolute atomic E-state index is 12.8. The predicted molar refractivity (Wildman–Crippen MR) is 120 cm³/mol. The van der Waals surface area contributed by atoms with Crippen molar-refractivity contribution in [2.75, 3.05) is 26.2 Å². The van der Waals surface area contributed by atoms with Crippen LogP contribution in [-0.4, -0.2) is 59.5 Å². The summed E-state index contributed by atoms with van der Waals surface area (Å²) in [5, 5.41) is 10.5. The Morgan fingerprint density at radius 3 is 2.26 bits per heavy atom. The fourth-order valence-electron chi connectivity index (χ4n) is 4.66. The van der Waals surface area contributed by atoms with Crippen LogP contribution in [0.3, 0.4) is 0 Å². The lowest BCUT2D eigenvalue weighted by Gasteiger charge is -2.40. The lowest BCUT2D eigenvalue weighted by molar-refractivity contribution is 0.0751. The summed E-state index contributed by atoms with van der Waals surface area (Å²) in [6.07, 6.45) is 7.82. The van der Waals surface area contributed by atoms with E-state index in [2.05, 4.69) is 9.80 Å². The van der Waals surface area contributed by atoms with Gasteiger partial charge in [-0.3, -0.25) is 14.6 Å². The third-order valence-corrected chi connectivity index (χ3v) is 8.26. The van der Waals surface area contributed by atoms with Crippen LogP contribution >= 0.6 is 0 Å². The Bertz CT molecular complexity index is 1060. The van der Waals surface area contributed by atoms with Gasteiger partial charge in [0.05, 0.1) is 4.90 Å². The van der Waals surface area contributed by atoms with Gasteiger partial charge in [-0.05, 0) is 38.0 Å². The largest absolute Gasteiger partial charge is 0.503 e. The third kappa shape index (κ3) is 4.71. The van der Waals surface area contributed by atoms with E-state index in [1.54, 1.807) is 12.1 Å². The number of benzene rings is 1. The lowest BCUT2D eigenvalue weighted by atomic mass is 9.94. The molecule has 1 N–H and O–H groups in total. The van der Waals surface area contributed by atoms with Gasteiger partial charge in [0.1, 0.15) is 0 Å². The minimum Gasteiger partial charge on any atom is -0.503 e. The maximum atomic E-state index is 12.8. The first kappa shape index (κ1) is 22.0. The summed E-state index contributed by atoms with van der Waals surface area (Å²) in [7, 11) is -4.05. The lowest BCUT2D eigenvalue weighted by Crippen LogP contribution is -2.50. The zero-order chi connectivity index (χ0) is 22.0. The normalized spacial score (nSPS) is 19.5. The molecule has 1 saturated carbocycles. The molecule has 1 aromatic heterocycles. The van der Waals surface area contributed by atoms with Crippen LogP contribution in [-0.2, 0) is 16.6 Å². The van der Waals surface area contributed by atoms with Crippen LogP contribution in [0, 0.1) is 6.92 Å². The van der Waals surface area contributed by atoms with Crippen molar-refractivity contribution >= 4 is 10.0 Å². The van der Waals surface area contributed by atoms with E-state index >= 15 is 0 Å². The Labute approximate surface area is 184 Å². The van der Waals surface area contributed by atoms with Crippen molar-refractivity contribution in [3.63, 3.8) is 0 Å². The summed E-state index contributed by atoms with van der Waals surface area (Å²) >= 11 is 0. The number of hydrogen-bond donors (Lipinski definition) is 1. The zero-order valence-electron chi connectivity index (χ0n) is 18.0. The first-order valence-electron chi connectivity index (χ1n) is 11.1. The van der Waals surface area contributed by atoms with Gasteiger partial charge in [-0.1, -0.05) is 37.0 Å². The predicted octanol–water partition coefficient (Wildman–Crippen LogP) is 2.55. The third-order valence-electron chi connectivity index (χ3n) is 6.59. The highest BCUT2D eigenvalue weighted by molar-refractivity contribution is 7.90. The number of aryl methyl sites for hydroxylation is 1. The van der Waals surface area contributed by atoms with Gasteiger partial charge in [-0.2, -0.15) is 0 Å². The molecular weight excluding hydrogens is 414 g/mol. The van der Waals surface area contributed by atoms with Gasteiger partial charge < -0.3 is 5.11 Å². The Balaban J connectivity index is 1.46. The molecule has 0 unspecified atom stereocenters. The zero-order valence-corrected chi connectivity index (χ0v) is 18.9. The monoisotopic (exact) mass is 445 g/mol. The molecule has 0 radical (unpaired) electrons. The van der Waals surface area contributed by atoms with Gasteiger partial charge in [0, 0.05) is 50.5 Å². The quantitative estimate of drug-likeness (QED) is 0.762. The van der Waals surface area contributed by atoms with Gasteiger partial charge in [-0.25, -0.2) is 12.4 Å². The molecule has 0 amide bonds. The van der Waals surface area contributed by atoms with E-state index in [1.807, 2.05) is 6.92 Å². The maximum Gasteiger partial charge on any atom is 0.306 e. The number of piperazine rings is 1. The van der Waals surface area contributed by atoms with Gasteiger partial charge in [0.2, 0.25) is 0 Å². The highest BCUT2D eigenvalue weighted by Gasteiger charge is 2.26. The highest BCUT2D eigenvalue weighted by Crippen LogP contribution is 2.24. The number of pyridine rings is 1. The van der Waals surface area contributed by atoms with Crippen LogP contribution in [0.5, 0.6) is 5.75 Å². The number of aromatic nitrogens is 1. The molecule has 0 spiro atoms. The van der Waals surface area contributed by atoms with Crippen LogP contribution in [0.1, 0.15) is 43.2 Å². The van der Waals surface area contributed by atoms with E-state index in [1.165, 1.54) is 56.5 Å². The first-order valence-corrected chi connectivity index (χ1v) is 12.5. The average molecular weight is 446 g/mol. The number of rotatable bonds is 5. The SMILES string of the molecule is Cc1ccc(S(=O)(=O)n2ccc(CN3CCN(C4CCCCC4)CC3)c(O)c2=O)cc1. The minimum absolute atomic E-state index is 0.0196. The van der Waals surface area contributed by atoms with E-state index < -0.39 is 21.3 Å². The molecule has 8 heteroatoms. The molecule has 2 aliphatic rings. The summed E-state index contributed by atoms with van der Waals surface area (Å²) in [6, 6.07) is 8.52. The molecule has 2 aromatic rings. The molecule has 0 atom stereocenters. The molecule has 2 fully saturated rings. The summed E-state index contributed by atoms with van der Waals surface area (Å²) < 4.78 is 26.3. The first-order chi connectivity index (χ1) is 14.9. The van der Waals surface area contributed by atoms with Gasteiger partial charge in [-0.15, -0.1) is 0 Å². The van der Waals surface area contributed by atoms with Crippen molar-refractivity contribution in [2.45, 2.75) is 56.5 Å². The van der Waals surface area contributed by atoms with Crippen LogP contribution in [0.4, 0.5) is 0 Å². The topological polar surface area (TPSA) is 82.8 Å². The van der Waals surface area contributed by atoms with Crippen molar-refractivity contribution in [3.05, 3.63) is 58.0 Å². The summed E-state index contributed by atoms with van der Waals surface area (Å²) in [5.41, 5.74) is 0.485. The van der Waals surface area contributed by atoms with E-state index in [9.17, 15) is 18.3 Å². The standard InChI is InChI=1S/C23H31N3O4S/c1-18-7-9-21(10-8-18)31(29,30)26-12-11-19(22(27)23(26)28)17-24-13-15-25(16-14-24)20-5-3-2-4-6-20/h7-12,20,27H,2-6,13-17H2,1H3. The van der Waals surface area contributed by atoms with E-state index in [-0.39, 0.29) is 4.90 Å². The van der Waals surface area contributed by atoms with Crippen molar-refractivity contribution < 1.29 is 13.5 Å². The fourth-order valence-corrected chi connectivity index (χ4v) is 5.89. The van der Waals surface area contributed by atoms with Gasteiger partial charge in [0.25, 0.3) is 10.0 Å². The summed E-state index contributed by atoms with van der Waals surface area (Å²) in [5.74, 6) is -0.493. The fraction of sp³-hybridized carbons (Fsp3) is 0.522. The summed E-state index contributed by atoms with van der Waals surface area (Å²) in [6.45, 7) is 6.03. The molecular formula is C23H31N3O4S. The van der Waals surface area contributed by atoms with Gasteiger partial charge >= 0.3 is 5.56 Å². The second-order valence-electron chi connectivity index (χ2n) is 8.71. The second-order valence-corrected chi connectivity index (χ2v) is 10.5. The van der Waals surface area contributed by atoms with Crippen molar-refractivity contribution in [2.24, 2.45) is 0 Å². The number of hydrogen-bond acceptors (Lipinski definition) is 6. The van der Waals surface area contributed by atoms with Gasteiger partial charge in [0.15, 0.2) is 5.75 Å². The smallest absolute Gasteiger partial charge is 0.306 e. The van der Waals surface area contributed by atoms with E-state index in [0.717, 1.165) is 31.7 Å². The Kier molecular flexibility index (Phi) is 6.50. The van der Waals surface area contributed by atoms with Crippen LogP contribution < -0.4 is 5.56 Å². The Morgan fingerprint density at radius 2 is 1.61 bits per heavy atom. The number of nitrogens with zero attached hydrogens (tertiary/aromatic N) is 3. The molecule has 31 heavy (non-hydrogen) atoms. The second kappa shape index (κ2) is 9.14. The average Bonchev–Trinajstić information content (AvgIpc) is 2.78. The molecule has 1 aliphatic carbocycles. The van der Waals surface area contributed by atoms with Crippen LogP contribution in [0.15, 0.2) is 46.2 Å². The van der Waals surface area contributed by atoms with Crippen molar-refractivity contribution in [1.82, 2.24) is 13.8 Å². The van der Waals surface area contributed by atoms with E-state index in [4.69, 9.17) is 0 Å². The van der Waals surface area contributed by atoms with Crippen molar-refractivity contribution in [3.8, 4) is 5.75 Å². The molecule has 1 saturated heterocycles. The molecule has 4 rings (SSSR count). The Morgan fingerprint density at radius 1 is 0.968 bits per heavy atom. The molecule has 0 bridgehead atoms. The molecule has 7 nitrogen and oxygen atoms in total. The molecule has 2 heterocycles. The van der Waals surface area contributed by atoms with Crippen molar-refractivity contribution in [1.29, 1.82) is 0 Å². The van der Waals surface area contributed by atoms with Crippen LogP contribution in [0.2, 0.25) is 0 Å². The number of aromatic hydroxyl groups is 1. The van der Waals surface area contributed by atoms with Crippen LogP contribution in [0.25, 0.3) is 0 Å². The summed E-state index contributed by atoms with van der Waals surface area (Å²) in [4.78, 5) is 17.5. The molecule has 1 aromatic carbocycles. The highest BCUT2D eigenvalue weighted by atomic mass is 32.2. The molecule has 1 aliphatic heterocycles. The van der Waals surface area contributed by atoms with E-state index in [0.29, 0.717) is 22.1 Å².